The van der Waals surface area contributed by atoms with E-state index >= 15 is 0 Å². The molecule has 0 aliphatic carbocycles. The van der Waals surface area contributed by atoms with E-state index < -0.39 is 23.5 Å². The number of nitrogens with zero attached hydrogens (tertiary/aromatic N) is 1. The monoisotopic (exact) mass is 491 g/mol. The molecule has 35 heavy (non-hydrogen) atoms. The summed E-state index contributed by atoms with van der Waals surface area (Å²) in [6.07, 6.45) is 0.973. The predicted molar refractivity (Wildman–Crippen MR) is 133 cm³/mol. The van der Waals surface area contributed by atoms with Gasteiger partial charge in [-0.3, -0.25) is 24.4 Å². The van der Waals surface area contributed by atoms with Crippen molar-refractivity contribution in [2.24, 2.45) is 17.3 Å². The molecule has 1 aromatic rings. The SMILES string of the molecule is CC(=O)[C@@H](NC(=O)[C@H](CC(C)C)C(CONO)OCc1ccc2c(c1)CCC(=O)N2C)C(C)(C)C. The second-order valence-electron chi connectivity index (χ2n) is 10.8. The Hall–Kier alpha value is -2.33. The number of ketones is 1. The molecule has 196 valence electrons. The molecule has 0 saturated carbocycles. The van der Waals surface area contributed by atoms with E-state index in [0.29, 0.717) is 19.3 Å². The smallest absolute Gasteiger partial charge is 0.227 e. The van der Waals surface area contributed by atoms with Crippen LogP contribution in [0.2, 0.25) is 0 Å². The second-order valence-corrected chi connectivity index (χ2v) is 10.8. The Labute approximate surface area is 208 Å². The van der Waals surface area contributed by atoms with Gasteiger partial charge in [0, 0.05) is 19.2 Å². The van der Waals surface area contributed by atoms with Crippen molar-refractivity contribution in [3.63, 3.8) is 0 Å². The van der Waals surface area contributed by atoms with Gasteiger partial charge < -0.3 is 15.0 Å². The number of hydrogen-bond acceptors (Lipinski definition) is 7. The molecule has 3 atom stereocenters. The van der Waals surface area contributed by atoms with E-state index in [1.165, 1.54) is 6.92 Å². The van der Waals surface area contributed by atoms with Gasteiger partial charge in [-0.2, -0.15) is 0 Å². The Kier molecular flexibility index (Phi) is 10.4. The van der Waals surface area contributed by atoms with E-state index in [-0.39, 0.29) is 36.7 Å². The van der Waals surface area contributed by atoms with Gasteiger partial charge in [-0.05, 0) is 48.3 Å². The summed E-state index contributed by atoms with van der Waals surface area (Å²) >= 11 is 0. The van der Waals surface area contributed by atoms with Gasteiger partial charge in [-0.25, -0.2) is 0 Å². The number of nitrogens with one attached hydrogen (secondary N) is 2. The maximum absolute atomic E-state index is 13.4. The lowest BCUT2D eigenvalue weighted by Crippen LogP contribution is -2.52. The van der Waals surface area contributed by atoms with Crippen molar-refractivity contribution in [3.05, 3.63) is 29.3 Å². The highest BCUT2D eigenvalue weighted by molar-refractivity contribution is 5.95. The summed E-state index contributed by atoms with van der Waals surface area (Å²) in [6, 6.07) is 5.19. The van der Waals surface area contributed by atoms with E-state index in [0.717, 1.165) is 16.8 Å². The van der Waals surface area contributed by atoms with Crippen LogP contribution in [0.1, 0.15) is 65.5 Å². The van der Waals surface area contributed by atoms with Crippen LogP contribution in [0, 0.1) is 17.3 Å². The highest BCUT2D eigenvalue weighted by Gasteiger charge is 2.36. The second kappa shape index (κ2) is 12.6. The number of ether oxygens (including phenoxy) is 1. The minimum absolute atomic E-state index is 0.0657. The van der Waals surface area contributed by atoms with E-state index in [4.69, 9.17) is 14.8 Å². The Morgan fingerprint density at radius 3 is 2.46 bits per heavy atom. The van der Waals surface area contributed by atoms with Gasteiger partial charge in [-0.1, -0.05) is 52.4 Å². The molecular weight excluding hydrogens is 450 g/mol. The standard InChI is InChI=1S/C26H41N3O6/c1-16(2)12-20(25(32)27-24(17(3)30)26(4,5)6)22(15-35-28-33)34-14-18-8-10-21-19(13-18)9-11-23(31)29(21)7/h8,10,13,16,20,22,24,28,33H,9,11-12,14-15H2,1-7H3,(H,27,32)/t20-,22?,24-/m1/s1. The average Bonchev–Trinajstić information content (AvgIpc) is 2.77. The molecule has 9 nitrogen and oxygen atoms in total. The molecule has 0 radical (unpaired) electrons. The van der Waals surface area contributed by atoms with Crippen LogP contribution in [-0.2, 0) is 37.0 Å². The van der Waals surface area contributed by atoms with Gasteiger partial charge in [0.2, 0.25) is 11.8 Å². The van der Waals surface area contributed by atoms with Gasteiger partial charge in [0.1, 0.15) is 0 Å². The van der Waals surface area contributed by atoms with Crippen LogP contribution in [-0.4, -0.2) is 48.6 Å². The lowest BCUT2D eigenvalue weighted by Gasteiger charge is -2.33. The summed E-state index contributed by atoms with van der Waals surface area (Å²) in [5.41, 5.74) is 4.11. The molecule has 0 fully saturated rings. The summed E-state index contributed by atoms with van der Waals surface area (Å²) in [5.74, 6) is -0.727. The molecule has 1 unspecified atom stereocenters. The maximum atomic E-state index is 13.4. The highest BCUT2D eigenvalue weighted by atomic mass is 16.8. The first kappa shape index (κ1) is 28.9. The van der Waals surface area contributed by atoms with E-state index in [1.54, 1.807) is 17.6 Å². The molecule has 0 bridgehead atoms. The van der Waals surface area contributed by atoms with Crippen LogP contribution < -0.4 is 15.9 Å². The van der Waals surface area contributed by atoms with Gasteiger partial charge in [0.15, 0.2) is 5.78 Å². The zero-order valence-corrected chi connectivity index (χ0v) is 22.0. The zero-order chi connectivity index (χ0) is 26.3. The van der Waals surface area contributed by atoms with E-state index in [9.17, 15) is 14.4 Å². The molecular formula is C26H41N3O6. The predicted octanol–water partition coefficient (Wildman–Crippen LogP) is 3.17. The number of Topliss-reactive ketones (excluding diaryl/α,β-unsaturated/α-hetero) is 1. The fourth-order valence-electron chi connectivity index (χ4n) is 4.52. The first-order valence-electron chi connectivity index (χ1n) is 12.2. The van der Waals surface area contributed by atoms with Crippen LogP contribution in [0.15, 0.2) is 18.2 Å². The van der Waals surface area contributed by atoms with Gasteiger partial charge in [0.05, 0.1) is 31.3 Å². The van der Waals surface area contributed by atoms with E-state index in [1.807, 2.05) is 52.8 Å². The fraction of sp³-hybridized carbons (Fsp3) is 0.654. The minimum atomic E-state index is -0.676. The van der Waals surface area contributed by atoms with Crippen molar-refractivity contribution < 1.29 is 29.2 Å². The number of anilines is 1. The van der Waals surface area contributed by atoms with Crippen molar-refractivity contribution in [2.45, 2.75) is 79.6 Å². The molecule has 1 heterocycles. The molecule has 1 aromatic carbocycles. The number of aryl methyl sites for hydroxylation is 1. The van der Waals surface area contributed by atoms with Crippen LogP contribution in [0.25, 0.3) is 0 Å². The molecule has 0 saturated heterocycles. The van der Waals surface area contributed by atoms with Gasteiger partial charge in [-0.15, -0.1) is 0 Å². The van der Waals surface area contributed by atoms with Crippen LogP contribution >= 0.6 is 0 Å². The molecule has 2 rings (SSSR count). The third kappa shape index (κ3) is 8.10. The Morgan fingerprint density at radius 2 is 1.89 bits per heavy atom. The molecule has 0 spiro atoms. The van der Waals surface area contributed by atoms with Crippen LogP contribution in [0.3, 0.4) is 0 Å². The van der Waals surface area contributed by atoms with Gasteiger partial charge >= 0.3 is 0 Å². The zero-order valence-electron chi connectivity index (χ0n) is 22.0. The van der Waals surface area contributed by atoms with Crippen LogP contribution in [0.4, 0.5) is 5.69 Å². The largest absolute Gasteiger partial charge is 0.370 e. The van der Waals surface area contributed by atoms with Crippen molar-refractivity contribution in [1.29, 1.82) is 0 Å². The Morgan fingerprint density at radius 1 is 1.20 bits per heavy atom. The number of benzene rings is 1. The lowest BCUT2D eigenvalue weighted by molar-refractivity contribution is -0.170. The average molecular weight is 492 g/mol. The van der Waals surface area contributed by atoms with Gasteiger partial charge in [0.25, 0.3) is 0 Å². The molecule has 3 N–H and O–H groups in total. The molecule has 9 heteroatoms. The number of amides is 2. The number of carbonyl (C=O) groups is 3. The molecule has 0 aromatic heterocycles. The molecule has 1 aliphatic heterocycles. The van der Waals surface area contributed by atoms with Crippen molar-refractivity contribution >= 4 is 23.3 Å². The maximum Gasteiger partial charge on any atom is 0.227 e. The first-order valence-corrected chi connectivity index (χ1v) is 12.2. The van der Waals surface area contributed by atoms with Crippen molar-refractivity contribution in [2.75, 3.05) is 18.6 Å². The fourth-order valence-corrected chi connectivity index (χ4v) is 4.52. The number of carbonyl (C=O) groups excluding carboxylic acids is 3. The van der Waals surface area contributed by atoms with Crippen molar-refractivity contribution in [3.8, 4) is 0 Å². The summed E-state index contributed by atoms with van der Waals surface area (Å²) < 4.78 is 6.18. The minimum Gasteiger partial charge on any atom is -0.370 e. The Bertz CT molecular complexity index is 896. The summed E-state index contributed by atoms with van der Waals surface area (Å²) in [6.45, 7) is 11.4. The normalized spacial score (nSPS) is 16.6. The molecule has 1 aliphatic rings. The molecule has 2 amide bonds. The summed E-state index contributed by atoms with van der Waals surface area (Å²) in [4.78, 5) is 44.3. The lowest BCUT2D eigenvalue weighted by atomic mass is 9.83. The summed E-state index contributed by atoms with van der Waals surface area (Å²) in [7, 11) is 1.77. The Balaban J connectivity index is 2.23. The highest BCUT2D eigenvalue weighted by Crippen LogP contribution is 2.29. The van der Waals surface area contributed by atoms with Crippen molar-refractivity contribution in [1.82, 2.24) is 11.0 Å². The third-order valence-electron chi connectivity index (χ3n) is 6.33. The van der Waals surface area contributed by atoms with E-state index in [2.05, 4.69) is 5.32 Å². The van der Waals surface area contributed by atoms with Crippen LogP contribution in [0.5, 0.6) is 0 Å². The first-order chi connectivity index (χ1) is 16.3. The number of fused-ring (bicyclic) bond motifs is 1. The third-order valence-corrected chi connectivity index (χ3v) is 6.33. The number of hydrogen-bond donors (Lipinski definition) is 3. The quantitative estimate of drug-likeness (QED) is 0.385. The topological polar surface area (TPSA) is 117 Å². The number of rotatable bonds is 12. The summed E-state index contributed by atoms with van der Waals surface area (Å²) in [5, 5.41) is 11.9.